The molecule has 3 aliphatic heterocycles. The minimum absolute atomic E-state index is 0.496. The number of hydrogen-bond acceptors (Lipinski definition) is 4. The van der Waals surface area contributed by atoms with E-state index in [1.165, 1.54) is 18.4 Å². The van der Waals surface area contributed by atoms with Gasteiger partial charge in [0.05, 0.1) is 17.9 Å². The first-order chi connectivity index (χ1) is 11.2. The van der Waals surface area contributed by atoms with Gasteiger partial charge in [-0.25, -0.2) is 0 Å². The molecule has 0 radical (unpaired) electrons. The zero-order valence-corrected chi connectivity index (χ0v) is 14.2. The predicted molar refractivity (Wildman–Crippen MR) is 87.5 cm³/mol. The topological polar surface area (TPSA) is 62.9 Å². The summed E-state index contributed by atoms with van der Waals surface area (Å²) < 4.78 is 11.3. The van der Waals surface area contributed by atoms with E-state index in [-0.39, 0.29) is 0 Å². The lowest BCUT2D eigenvalue weighted by Crippen LogP contribution is -2.42. The molecule has 0 aliphatic carbocycles. The second kappa shape index (κ2) is 5.82. The van der Waals surface area contributed by atoms with Gasteiger partial charge in [0.25, 0.3) is 0 Å². The van der Waals surface area contributed by atoms with Crippen molar-refractivity contribution in [1.82, 2.24) is 15.4 Å². The first-order valence-corrected chi connectivity index (χ1v) is 8.70. The molecular formula is C17H26N4O2. The summed E-state index contributed by atoms with van der Waals surface area (Å²) >= 11 is 0. The highest BCUT2D eigenvalue weighted by atomic mass is 16.5. The van der Waals surface area contributed by atoms with Gasteiger partial charge in [0, 0.05) is 44.1 Å². The number of ether oxygens (including phenoxy) is 1. The van der Waals surface area contributed by atoms with Crippen LogP contribution < -0.4 is 5.32 Å². The first-order valence-electron chi connectivity index (χ1n) is 8.70. The van der Waals surface area contributed by atoms with Crippen LogP contribution in [-0.2, 0) is 11.2 Å². The van der Waals surface area contributed by atoms with Gasteiger partial charge in [-0.2, -0.15) is 0 Å². The fraction of sp³-hybridized carbons (Fsp3) is 0.765. The van der Waals surface area contributed by atoms with Gasteiger partial charge in [-0.3, -0.25) is 4.99 Å². The van der Waals surface area contributed by atoms with Gasteiger partial charge in [0.2, 0.25) is 0 Å². The molecular weight excluding hydrogens is 292 g/mol. The minimum Gasteiger partial charge on any atom is -0.374 e. The van der Waals surface area contributed by atoms with E-state index in [1.807, 2.05) is 20.9 Å². The highest BCUT2D eigenvalue weighted by Gasteiger charge is 2.53. The van der Waals surface area contributed by atoms with Crippen LogP contribution in [0.25, 0.3) is 0 Å². The summed E-state index contributed by atoms with van der Waals surface area (Å²) in [6, 6.07) is 0. The van der Waals surface area contributed by atoms with Gasteiger partial charge in [-0.1, -0.05) is 5.16 Å². The molecule has 23 heavy (non-hydrogen) atoms. The third-order valence-electron chi connectivity index (χ3n) is 5.80. The summed E-state index contributed by atoms with van der Waals surface area (Å²) in [5.41, 5.74) is 2.20. The van der Waals surface area contributed by atoms with Crippen molar-refractivity contribution >= 4 is 5.96 Å². The van der Waals surface area contributed by atoms with E-state index in [1.54, 1.807) is 0 Å². The van der Waals surface area contributed by atoms with Crippen LogP contribution >= 0.6 is 0 Å². The van der Waals surface area contributed by atoms with Crippen LogP contribution in [0.3, 0.4) is 0 Å². The van der Waals surface area contributed by atoms with Crippen LogP contribution in [0, 0.1) is 25.7 Å². The first kappa shape index (κ1) is 15.0. The molecule has 3 aliphatic rings. The van der Waals surface area contributed by atoms with E-state index in [9.17, 15) is 0 Å². The molecule has 4 atom stereocenters. The SMILES string of the molecule is CN=C(NCCc1c(C)noc1C)N1CC2C3CCC(O3)C2C1. The number of nitrogens with zero attached hydrogens (tertiary/aromatic N) is 3. The van der Waals surface area contributed by atoms with Crippen molar-refractivity contribution in [2.75, 3.05) is 26.7 Å². The van der Waals surface area contributed by atoms with Crippen molar-refractivity contribution < 1.29 is 9.26 Å². The molecule has 6 heteroatoms. The maximum Gasteiger partial charge on any atom is 0.193 e. The Morgan fingerprint density at radius 3 is 2.52 bits per heavy atom. The Balaban J connectivity index is 1.33. The molecule has 0 amide bonds. The molecule has 4 rings (SSSR count). The Kier molecular flexibility index (Phi) is 3.79. The number of aliphatic imine (C=N–C) groups is 1. The van der Waals surface area contributed by atoms with Crippen molar-refractivity contribution in [3.05, 3.63) is 17.0 Å². The molecule has 1 aromatic heterocycles. The summed E-state index contributed by atoms with van der Waals surface area (Å²) in [5, 5.41) is 7.53. The number of nitrogens with one attached hydrogen (secondary N) is 1. The molecule has 3 saturated heterocycles. The molecule has 6 nitrogen and oxygen atoms in total. The second-order valence-electron chi connectivity index (χ2n) is 7.05. The molecule has 4 unspecified atom stereocenters. The molecule has 4 heterocycles. The lowest BCUT2D eigenvalue weighted by atomic mass is 9.82. The molecule has 0 saturated carbocycles. The molecule has 2 bridgehead atoms. The van der Waals surface area contributed by atoms with E-state index in [0.717, 1.165) is 43.5 Å². The van der Waals surface area contributed by atoms with Crippen LogP contribution in [0.4, 0.5) is 0 Å². The standard InChI is InChI=1S/C17H26N4O2/c1-10-12(11(2)23-20-10)6-7-19-17(18-3)21-8-13-14(9-21)16-5-4-15(13)22-16/h13-16H,4-9H2,1-3H3,(H,18,19). The molecule has 1 N–H and O–H groups in total. The second-order valence-corrected chi connectivity index (χ2v) is 7.05. The molecule has 0 spiro atoms. The summed E-state index contributed by atoms with van der Waals surface area (Å²) in [6.07, 6.45) is 4.40. The number of fused-ring (bicyclic) bond motifs is 5. The number of aromatic nitrogens is 1. The highest BCUT2D eigenvalue weighted by Crippen LogP contribution is 2.47. The smallest absolute Gasteiger partial charge is 0.193 e. The highest BCUT2D eigenvalue weighted by molar-refractivity contribution is 5.80. The molecule has 126 valence electrons. The van der Waals surface area contributed by atoms with Crippen molar-refractivity contribution in [1.29, 1.82) is 0 Å². The van der Waals surface area contributed by atoms with Gasteiger partial charge in [0.15, 0.2) is 5.96 Å². The lowest BCUT2D eigenvalue weighted by molar-refractivity contribution is 0.0767. The Labute approximate surface area is 137 Å². The lowest BCUT2D eigenvalue weighted by Gasteiger charge is -2.23. The molecule has 1 aromatic rings. The van der Waals surface area contributed by atoms with E-state index >= 15 is 0 Å². The quantitative estimate of drug-likeness (QED) is 0.676. The Bertz CT molecular complexity index is 574. The fourth-order valence-corrected chi connectivity index (χ4v) is 4.62. The van der Waals surface area contributed by atoms with E-state index in [0.29, 0.717) is 24.0 Å². The fourth-order valence-electron chi connectivity index (χ4n) is 4.62. The average Bonchev–Trinajstić information content (AvgIpc) is 3.28. The van der Waals surface area contributed by atoms with Crippen molar-refractivity contribution in [2.45, 2.75) is 45.3 Å². The van der Waals surface area contributed by atoms with Gasteiger partial charge in [-0.05, 0) is 33.1 Å². The summed E-state index contributed by atoms with van der Waals surface area (Å²) in [4.78, 5) is 6.90. The monoisotopic (exact) mass is 318 g/mol. The number of likely N-dealkylation sites (tertiary alicyclic amines) is 1. The third kappa shape index (κ3) is 2.53. The Morgan fingerprint density at radius 2 is 1.96 bits per heavy atom. The van der Waals surface area contributed by atoms with Crippen LogP contribution in [0.2, 0.25) is 0 Å². The van der Waals surface area contributed by atoms with Crippen LogP contribution in [0.5, 0.6) is 0 Å². The summed E-state index contributed by atoms with van der Waals surface area (Å²) in [5.74, 6) is 3.35. The number of aryl methyl sites for hydroxylation is 2. The van der Waals surface area contributed by atoms with Gasteiger partial charge < -0.3 is 19.5 Å². The maximum atomic E-state index is 6.05. The van der Waals surface area contributed by atoms with Crippen LogP contribution in [0.15, 0.2) is 9.52 Å². The molecule has 3 fully saturated rings. The van der Waals surface area contributed by atoms with Crippen molar-refractivity contribution in [2.24, 2.45) is 16.8 Å². The summed E-state index contributed by atoms with van der Waals surface area (Å²) in [6.45, 7) is 6.98. The van der Waals surface area contributed by atoms with Crippen molar-refractivity contribution in [3.8, 4) is 0 Å². The van der Waals surface area contributed by atoms with Crippen molar-refractivity contribution in [3.63, 3.8) is 0 Å². The Hall–Kier alpha value is -1.56. The van der Waals surface area contributed by atoms with Gasteiger partial charge in [0.1, 0.15) is 5.76 Å². The van der Waals surface area contributed by atoms with Gasteiger partial charge in [-0.15, -0.1) is 0 Å². The number of hydrogen-bond donors (Lipinski definition) is 1. The van der Waals surface area contributed by atoms with Crippen LogP contribution in [0.1, 0.15) is 29.9 Å². The maximum absolute atomic E-state index is 6.05. The molecule has 0 aromatic carbocycles. The van der Waals surface area contributed by atoms with Crippen LogP contribution in [-0.4, -0.2) is 54.9 Å². The number of rotatable bonds is 3. The number of guanidine groups is 1. The van der Waals surface area contributed by atoms with E-state index in [4.69, 9.17) is 9.26 Å². The Morgan fingerprint density at radius 1 is 1.26 bits per heavy atom. The minimum atomic E-state index is 0.496. The predicted octanol–water partition coefficient (Wildman–Crippen LogP) is 1.52. The normalized spacial score (nSPS) is 32.7. The zero-order valence-electron chi connectivity index (χ0n) is 14.2. The van der Waals surface area contributed by atoms with E-state index < -0.39 is 0 Å². The van der Waals surface area contributed by atoms with E-state index in [2.05, 4.69) is 20.4 Å². The zero-order chi connectivity index (χ0) is 16.0. The third-order valence-corrected chi connectivity index (χ3v) is 5.80. The largest absolute Gasteiger partial charge is 0.374 e. The summed E-state index contributed by atoms with van der Waals surface area (Å²) in [7, 11) is 1.87. The van der Waals surface area contributed by atoms with Gasteiger partial charge >= 0.3 is 0 Å². The average molecular weight is 318 g/mol.